The second kappa shape index (κ2) is 4.76. The van der Waals surface area contributed by atoms with Crippen molar-refractivity contribution in [1.29, 1.82) is 5.26 Å². The van der Waals surface area contributed by atoms with E-state index in [1.165, 1.54) is 0 Å². The molecule has 0 fully saturated rings. The van der Waals surface area contributed by atoms with Gasteiger partial charge in [0.15, 0.2) is 11.6 Å². The van der Waals surface area contributed by atoms with Crippen molar-refractivity contribution >= 4 is 0 Å². The Balaban J connectivity index is 2.09. The van der Waals surface area contributed by atoms with Crippen LogP contribution in [-0.4, -0.2) is 26.3 Å². The van der Waals surface area contributed by atoms with Gasteiger partial charge >= 0.3 is 0 Å². The predicted octanol–water partition coefficient (Wildman–Crippen LogP) is 0.381. The van der Waals surface area contributed by atoms with Gasteiger partial charge in [-0.1, -0.05) is 6.07 Å². The number of nitrogens with zero attached hydrogens (tertiary/aromatic N) is 5. The van der Waals surface area contributed by atoms with Crippen molar-refractivity contribution in [3.8, 4) is 17.6 Å². The minimum atomic E-state index is 0.0721. The molecule has 2 aromatic rings. The molecule has 0 saturated heterocycles. The quantitative estimate of drug-likeness (QED) is 0.765. The van der Waals surface area contributed by atoms with E-state index >= 15 is 0 Å². The van der Waals surface area contributed by atoms with Gasteiger partial charge < -0.3 is 4.57 Å². The third kappa shape index (κ3) is 2.07. The average molecular weight is 255 g/mol. The molecule has 0 aliphatic carbocycles. The SMILES string of the molecule is C[C@H]1NNCCn2c(-c3cccc(C#N)n3)nnc21. The first kappa shape index (κ1) is 11.8. The number of fused-ring (bicyclic) bond motifs is 1. The summed E-state index contributed by atoms with van der Waals surface area (Å²) in [6.07, 6.45) is 0. The van der Waals surface area contributed by atoms with Gasteiger partial charge in [0, 0.05) is 13.1 Å². The highest BCUT2D eigenvalue weighted by Gasteiger charge is 2.21. The fourth-order valence-corrected chi connectivity index (χ4v) is 2.12. The van der Waals surface area contributed by atoms with Crippen LogP contribution in [0, 0.1) is 11.3 Å². The zero-order chi connectivity index (χ0) is 13.2. The van der Waals surface area contributed by atoms with Crippen LogP contribution in [-0.2, 0) is 6.54 Å². The highest BCUT2D eigenvalue weighted by atomic mass is 15.4. The second-order valence-corrected chi connectivity index (χ2v) is 4.35. The lowest BCUT2D eigenvalue weighted by Gasteiger charge is -2.09. The molecule has 7 nitrogen and oxygen atoms in total. The van der Waals surface area contributed by atoms with Gasteiger partial charge in [0.25, 0.3) is 0 Å². The average Bonchev–Trinajstić information content (AvgIpc) is 2.79. The zero-order valence-corrected chi connectivity index (χ0v) is 10.5. The molecule has 3 heterocycles. The molecule has 0 amide bonds. The van der Waals surface area contributed by atoms with E-state index in [0.717, 1.165) is 18.9 Å². The summed E-state index contributed by atoms with van der Waals surface area (Å²) in [7, 11) is 0. The van der Waals surface area contributed by atoms with Crippen LogP contribution < -0.4 is 10.9 Å². The molecule has 0 aromatic carbocycles. The second-order valence-electron chi connectivity index (χ2n) is 4.35. The van der Waals surface area contributed by atoms with E-state index < -0.39 is 0 Å². The number of aromatic nitrogens is 4. The third-order valence-electron chi connectivity index (χ3n) is 3.04. The van der Waals surface area contributed by atoms with Gasteiger partial charge in [-0.3, -0.25) is 5.43 Å². The van der Waals surface area contributed by atoms with Crippen molar-refractivity contribution in [2.24, 2.45) is 0 Å². The predicted molar refractivity (Wildman–Crippen MR) is 67.5 cm³/mol. The van der Waals surface area contributed by atoms with E-state index in [4.69, 9.17) is 5.26 Å². The molecule has 7 heteroatoms. The van der Waals surface area contributed by atoms with Crippen LogP contribution >= 0.6 is 0 Å². The fraction of sp³-hybridized carbons (Fsp3) is 0.333. The van der Waals surface area contributed by atoms with E-state index in [2.05, 4.69) is 26.0 Å². The van der Waals surface area contributed by atoms with E-state index in [1.807, 2.05) is 23.6 Å². The fourth-order valence-electron chi connectivity index (χ4n) is 2.12. The summed E-state index contributed by atoms with van der Waals surface area (Å²) in [4.78, 5) is 4.27. The molecular formula is C12H13N7. The molecule has 1 atom stereocenters. The molecule has 3 rings (SSSR count). The minimum Gasteiger partial charge on any atom is -0.307 e. The van der Waals surface area contributed by atoms with E-state index in [9.17, 15) is 0 Å². The van der Waals surface area contributed by atoms with Crippen molar-refractivity contribution in [3.05, 3.63) is 29.7 Å². The highest BCUT2D eigenvalue weighted by Crippen LogP contribution is 2.20. The number of pyridine rings is 1. The van der Waals surface area contributed by atoms with Gasteiger partial charge in [-0.15, -0.1) is 10.2 Å². The van der Waals surface area contributed by atoms with Gasteiger partial charge in [0.05, 0.1) is 6.04 Å². The molecule has 0 spiro atoms. The molecule has 19 heavy (non-hydrogen) atoms. The number of rotatable bonds is 1. The highest BCUT2D eigenvalue weighted by molar-refractivity contribution is 5.51. The number of nitrogens with one attached hydrogen (secondary N) is 2. The standard InChI is InChI=1S/C12H13N7/c1-8-11-17-18-12(19(11)6-5-14-16-8)10-4-2-3-9(7-13)15-10/h2-4,8,14,16H,5-6H2,1H3/t8-/m1/s1. The Labute approximate surface area is 110 Å². The van der Waals surface area contributed by atoms with Gasteiger partial charge in [-0.05, 0) is 19.1 Å². The van der Waals surface area contributed by atoms with Crippen LogP contribution in [0.2, 0.25) is 0 Å². The summed E-state index contributed by atoms with van der Waals surface area (Å²) in [6, 6.07) is 7.43. The van der Waals surface area contributed by atoms with Gasteiger partial charge in [0.2, 0.25) is 0 Å². The molecule has 96 valence electrons. The summed E-state index contributed by atoms with van der Waals surface area (Å²) in [6.45, 7) is 3.55. The number of hydrazine groups is 1. The summed E-state index contributed by atoms with van der Waals surface area (Å²) in [5.41, 5.74) is 7.32. The normalized spacial score (nSPS) is 18.4. The molecule has 1 aliphatic rings. The Morgan fingerprint density at radius 3 is 3.16 bits per heavy atom. The van der Waals surface area contributed by atoms with E-state index in [1.54, 1.807) is 12.1 Å². The minimum absolute atomic E-state index is 0.0721. The van der Waals surface area contributed by atoms with E-state index in [-0.39, 0.29) is 6.04 Å². The Hall–Kier alpha value is -2.30. The maximum Gasteiger partial charge on any atom is 0.182 e. The van der Waals surface area contributed by atoms with Crippen molar-refractivity contribution in [1.82, 2.24) is 30.6 Å². The molecular weight excluding hydrogens is 242 g/mol. The topological polar surface area (TPSA) is 91.5 Å². The van der Waals surface area contributed by atoms with Crippen molar-refractivity contribution < 1.29 is 0 Å². The van der Waals surface area contributed by atoms with Crippen molar-refractivity contribution in [3.63, 3.8) is 0 Å². The van der Waals surface area contributed by atoms with Crippen LogP contribution in [0.1, 0.15) is 24.5 Å². The van der Waals surface area contributed by atoms with Gasteiger partial charge in [0.1, 0.15) is 17.5 Å². The molecule has 1 aliphatic heterocycles. The summed E-state index contributed by atoms with van der Waals surface area (Å²) in [5, 5.41) is 17.3. The summed E-state index contributed by atoms with van der Waals surface area (Å²) in [5.74, 6) is 1.56. The Morgan fingerprint density at radius 2 is 2.32 bits per heavy atom. The van der Waals surface area contributed by atoms with Crippen LogP contribution in [0.25, 0.3) is 11.5 Å². The monoisotopic (exact) mass is 255 g/mol. The largest absolute Gasteiger partial charge is 0.307 e. The van der Waals surface area contributed by atoms with Crippen molar-refractivity contribution in [2.45, 2.75) is 19.5 Å². The molecule has 0 unspecified atom stereocenters. The van der Waals surface area contributed by atoms with Crippen LogP contribution in [0.5, 0.6) is 0 Å². The smallest absolute Gasteiger partial charge is 0.182 e. The maximum absolute atomic E-state index is 8.91. The summed E-state index contributed by atoms with van der Waals surface area (Å²) >= 11 is 0. The van der Waals surface area contributed by atoms with Crippen molar-refractivity contribution in [2.75, 3.05) is 6.54 Å². The van der Waals surface area contributed by atoms with Gasteiger partial charge in [-0.25, -0.2) is 10.4 Å². The number of nitriles is 1. The Bertz CT molecular complexity index is 640. The lowest BCUT2D eigenvalue weighted by atomic mass is 10.3. The molecule has 0 radical (unpaired) electrons. The lowest BCUT2D eigenvalue weighted by Crippen LogP contribution is -2.33. The molecule has 0 bridgehead atoms. The van der Waals surface area contributed by atoms with Crippen LogP contribution in [0.3, 0.4) is 0 Å². The zero-order valence-electron chi connectivity index (χ0n) is 10.5. The molecule has 2 N–H and O–H groups in total. The Kier molecular flexibility index (Phi) is 2.95. The van der Waals surface area contributed by atoms with E-state index in [0.29, 0.717) is 17.2 Å². The van der Waals surface area contributed by atoms with Crippen LogP contribution in [0.4, 0.5) is 0 Å². The third-order valence-corrected chi connectivity index (χ3v) is 3.04. The first-order valence-corrected chi connectivity index (χ1v) is 6.08. The lowest BCUT2D eigenvalue weighted by molar-refractivity contribution is 0.475. The molecule has 0 saturated carbocycles. The van der Waals surface area contributed by atoms with Gasteiger partial charge in [-0.2, -0.15) is 5.26 Å². The maximum atomic E-state index is 8.91. The number of hydrogen-bond donors (Lipinski definition) is 2. The summed E-state index contributed by atoms with van der Waals surface area (Å²) < 4.78 is 2.03. The molecule has 2 aromatic heterocycles. The number of hydrogen-bond acceptors (Lipinski definition) is 6. The first-order valence-electron chi connectivity index (χ1n) is 6.08. The Morgan fingerprint density at radius 1 is 1.42 bits per heavy atom. The first-order chi connectivity index (χ1) is 9.29. The van der Waals surface area contributed by atoms with Crippen LogP contribution in [0.15, 0.2) is 18.2 Å².